The van der Waals surface area contributed by atoms with Crippen LogP contribution >= 0.6 is 11.5 Å². The highest BCUT2D eigenvalue weighted by atomic mass is 32.1. The number of rotatable bonds is 4. The molecule has 25 heavy (non-hydrogen) atoms. The van der Waals surface area contributed by atoms with Crippen LogP contribution in [0, 0.1) is 0 Å². The van der Waals surface area contributed by atoms with Crippen molar-refractivity contribution in [3.63, 3.8) is 0 Å². The normalized spacial score (nSPS) is 11.0. The minimum absolute atomic E-state index is 0.845. The second-order valence-electron chi connectivity index (χ2n) is 5.84. The lowest BCUT2D eigenvalue weighted by Crippen LogP contribution is -1.89. The van der Waals surface area contributed by atoms with Crippen LogP contribution in [-0.2, 0) is 7.05 Å². The van der Waals surface area contributed by atoms with Crippen molar-refractivity contribution < 1.29 is 9.47 Å². The topological polar surface area (TPSA) is 36.3 Å². The smallest absolute Gasteiger partial charge is 0.120 e. The molecule has 0 saturated heterocycles. The number of hydrogen-bond acceptors (Lipinski definition) is 4. The van der Waals surface area contributed by atoms with Gasteiger partial charge in [0.15, 0.2) is 0 Å². The summed E-state index contributed by atoms with van der Waals surface area (Å²) in [6.07, 6.45) is 2.07. The van der Waals surface area contributed by atoms with Crippen LogP contribution in [-0.4, -0.2) is 23.2 Å². The largest absolute Gasteiger partial charge is 0.497 e. The third-order valence-corrected chi connectivity index (χ3v) is 5.16. The lowest BCUT2D eigenvalue weighted by Gasteiger charge is -2.07. The summed E-state index contributed by atoms with van der Waals surface area (Å²) in [5.41, 5.74) is 4.37. The van der Waals surface area contributed by atoms with E-state index < -0.39 is 0 Å². The molecule has 0 unspecified atom stereocenters. The maximum atomic E-state index is 5.47. The van der Waals surface area contributed by atoms with E-state index in [0.717, 1.165) is 38.6 Å². The Bertz CT molecular complexity index is 1030. The standard InChI is InChI=1S/C20H18N2O2S/c1-22-9-8-14-10-16(24-3)11-17(20(14)22)19-12-18(21-25-19)13-4-6-15(23-2)7-5-13/h4-12H,1-3H3. The zero-order valence-electron chi connectivity index (χ0n) is 14.3. The lowest BCUT2D eigenvalue weighted by atomic mass is 10.1. The summed E-state index contributed by atoms with van der Waals surface area (Å²) in [7, 11) is 5.43. The van der Waals surface area contributed by atoms with Gasteiger partial charge in [-0.05, 0) is 60.1 Å². The Kier molecular flexibility index (Phi) is 3.93. The van der Waals surface area contributed by atoms with Crippen molar-refractivity contribution in [2.45, 2.75) is 0 Å². The van der Waals surface area contributed by atoms with Crippen LogP contribution in [0.4, 0.5) is 0 Å². The van der Waals surface area contributed by atoms with Gasteiger partial charge in [0.05, 0.1) is 30.3 Å². The van der Waals surface area contributed by atoms with E-state index in [9.17, 15) is 0 Å². The van der Waals surface area contributed by atoms with Gasteiger partial charge < -0.3 is 14.0 Å². The zero-order chi connectivity index (χ0) is 17.4. The fourth-order valence-electron chi connectivity index (χ4n) is 3.02. The first kappa shape index (κ1) is 15.7. The Labute approximate surface area is 150 Å². The molecule has 0 aliphatic carbocycles. The first-order valence-electron chi connectivity index (χ1n) is 7.94. The summed E-state index contributed by atoms with van der Waals surface area (Å²) in [4.78, 5) is 1.12. The number of aromatic nitrogens is 2. The van der Waals surface area contributed by atoms with Crippen molar-refractivity contribution in [1.82, 2.24) is 8.94 Å². The Morgan fingerprint density at radius 2 is 1.68 bits per heavy atom. The van der Waals surface area contributed by atoms with E-state index in [0.29, 0.717) is 0 Å². The molecule has 0 fully saturated rings. The number of aryl methyl sites for hydroxylation is 1. The molecule has 2 heterocycles. The Morgan fingerprint density at radius 1 is 0.920 bits per heavy atom. The van der Waals surface area contributed by atoms with Gasteiger partial charge in [0, 0.05) is 29.8 Å². The molecular weight excluding hydrogens is 332 g/mol. The van der Waals surface area contributed by atoms with Gasteiger partial charge in [0.25, 0.3) is 0 Å². The molecule has 0 bridgehead atoms. The number of nitrogens with zero attached hydrogens (tertiary/aromatic N) is 2. The molecule has 2 aromatic heterocycles. The average Bonchev–Trinajstić information content (AvgIpc) is 3.28. The predicted octanol–water partition coefficient (Wildman–Crippen LogP) is 4.99. The molecule has 4 nitrogen and oxygen atoms in total. The van der Waals surface area contributed by atoms with E-state index in [4.69, 9.17) is 9.47 Å². The molecule has 0 N–H and O–H groups in total. The van der Waals surface area contributed by atoms with Crippen LogP contribution in [0.15, 0.2) is 54.7 Å². The number of methoxy groups -OCH3 is 2. The molecule has 4 rings (SSSR count). The first-order valence-corrected chi connectivity index (χ1v) is 8.71. The van der Waals surface area contributed by atoms with Crippen molar-refractivity contribution in [3.8, 4) is 33.2 Å². The fourth-order valence-corrected chi connectivity index (χ4v) is 3.80. The quantitative estimate of drug-likeness (QED) is 0.520. The van der Waals surface area contributed by atoms with Gasteiger partial charge in [-0.15, -0.1) is 0 Å². The van der Waals surface area contributed by atoms with E-state index in [2.05, 4.69) is 46.5 Å². The molecule has 2 aromatic carbocycles. The summed E-state index contributed by atoms with van der Waals surface area (Å²) < 4.78 is 17.5. The summed E-state index contributed by atoms with van der Waals surface area (Å²) in [6.45, 7) is 0. The summed E-state index contributed by atoms with van der Waals surface area (Å²) in [6, 6.07) is 16.3. The molecule has 0 aliphatic rings. The van der Waals surface area contributed by atoms with Crippen LogP contribution in [0.2, 0.25) is 0 Å². The van der Waals surface area contributed by atoms with Crippen molar-refractivity contribution in [3.05, 3.63) is 54.7 Å². The van der Waals surface area contributed by atoms with E-state index in [1.54, 1.807) is 14.2 Å². The highest BCUT2D eigenvalue weighted by molar-refractivity contribution is 7.10. The summed E-state index contributed by atoms with van der Waals surface area (Å²) >= 11 is 1.50. The molecule has 0 atom stereocenters. The SMILES string of the molecule is COc1ccc(-c2cc(-c3cc(OC)cc4ccn(C)c34)sn2)cc1. The molecule has 0 radical (unpaired) electrons. The van der Waals surface area contributed by atoms with Gasteiger partial charge in [-0.2, -0.15) is 4.37 Å². The second-order valence-corrected chi connectivity index (χ2v) is 6.65. The first-order chi connectivity index (χ1) is 12.2. The van der Waals surface area contributed by atoms with Crippen molar-refractivity contribution in [1.29, 1.82) is 0 Å². The minimum atomic E-state index is 0.845. The summed E-state index contributed by atoms with van der Waals surface area (Å²) in [5, 5.41) is 1.16. The third-order valence-electron chi connectivity index (χ3n) is 4.34. The third kappa shape index (κ3) is 2.76. The van der Waals surface area contributed by atoms with Crippen LogP contribution < -0.4 is 9.47 Å². The monoisotopic (exact) mass is 350 g/mol. The Hall–Kier alpha value is -2.79. The number of ether oxygens (including phenoxy) is 2. The molecular formula is C20H18N2O2S. The predicted molar refractivity (Wildman–Crippen MR) is 103 cm³/mol. The summed E-state index contributed by atoms with van der Waals surface area (Å²) in [5.74, 6) is 1.70. The van der Waals surface area contributed by atoms with Gasteiger partial charge in [0.1, 0.15) is 11.5 Å². The second kappa shape index (κ2) is 6.26. The van der Waals surface area contributed by atoms with Gasteiger partial charge in [-0.3, -0.25) is 0 Å². The van der Waals surface area contributed by atoms with E-state index >= 15 is 0 Å². The molecule has 0 aliphatic heterocycles. The zero-order valence-corrected chi connectivity index (χ0v) is 15.1. The maximum absolute atomic E-state index is 5.47. The van der Waals surface area contributed by atoms with Gasteiger partial charge >= 0.3 is 0 Å². The Balaban J connectivity index is 1.81. The van der Waals surface area contributed by atoms with Crippen LogP contribution in [0.1, 0.15) is 0 Å². The molecule has 0 saturated carbocycles. The molecule has 4 aromatic rings. The lowest BCUT2D eigenvalue weighted by molar-refractivity contribution is 0.415. The molecule has 126 valence electrons. The van der Waals surface area contributed by atoms with Gasteiger partial charge in [0.2, 0.25) is 0 Å². The van der Waals surface area contributed by atoms with E-state index in [1.807, 2.05) is 24.3 Å². The van der Waals surface area contributed by atoms with Crippen molar-refractivity contribution >= 4 is 22.4 Å². The van der Waals surface area contributed by atoms with E-state index in [-0.39, 0.29) is 0 Å². The van der Waals surface area contributed by atoms with Crippen LogP contribution in [0.5, 0.6) is 11.5 Å². The number of benzene rings is 2. The minimum Gasteiger partial charge on any atom is -0.497 e. The molecule has 5 heteroatoms. The highest BCUT2D eigenvalue weighted by Crippen LogP contribution is 2.37. The highest BCUT2D eigenvalue weighted by Gasteiger charge is 2.14. The molecule has 0 spiro atoms. The maximum Gasteiger partial charge on any atom is 0.120 e. The molecule has 0 amide bonds. The van der Waals surface area contributed by atoms with Gasteiger partial charge in [-0.1, -0.05) is 0 Å². The van der Waals surface area contributed by atoms with Crippen LogP contribution in [0.25, 0.3) is 32.6 Å². The number of fused-ring (bicyclic) bond motifs is 1. The average molecular weight is 350 g/mol. The number of hydrogen-bond donors (Lipinski definition) is 0. The van der Waals surface area contributed by atoms with Crippen molar-refractivity contribution in [2.24, 2.45) is 7.05 Å². The van der Waals surface area contributed by atoms with Crippen molar-refractivity contribution in [2.75, 3.05) is 14.2 Å². The van der Waals surface area contributed by atoms with E-state index in [1.165, 1.54) is 17.0 Å². The fraction of sp³-hybridized carbons (Fsp3) is 0.150. The van der Waals surface area contributed by atoms with Gasteiger partial charge in [-0.25, -0.2) is 0 Å². The Morgan fingerprint density at radius 3 is 2.40 bits per heavy atom. The van der Waals surface area contributed by atoms with Crippen LogP contribution in [0.3, 0.4) is 0 Å².